The zero-order valence-corrected chi connectivity index (χ0v) is 19.4. The van der Waals surface area contributed by atoms with Crippen LogP contribution in [-0.4, -0.2) is 50.4 Å². The molecule has 1 aliphatic rings. The summed E-state index contributed by atoms with van der Waals surface area (Å²) in [5.74, 6) is 0. The van der Waals surface area contributed by atoms with Gasteiger partial charge in [-0.1, -0.05) is 32.4 Å². The van der Waals surface area contributed by atoms with Gasteiger partial charge in [0, 0.05) is 49.5 Å². The molecule has 1 aliphatic heterocycles. The number of nitrogens with zero attached hydrogens (tertiary/aromatic N) is 3. The van der Waals surface area contributed by atoms with Gasteiger partial charge in [-0.3, -0.25) is 10.1 Å². The molecule has 0 aliphatic carbocycles. The summed E-state index contributed by atoms with van der Waals surface area (Å²) >= 11 is 5.86. The minimum Gasteiger partial charge on any atom is -0.379 e. The molecule has 1 N–H and O–H groups in total. The van der Waals surface area contributed by atoms with Crippen LogP contribution in [0.25, 0.3) is 0 Å². The van der Waals surface area contributed by atoms with Gasteiger partial charge >= 0.3 is 0 Å². The van der Waals surface area contributed by atoms with Crippen LogP contribution in [0.1, 0.15) is 20.8 Å². The maximum atomic E-state index is 12.9. The maximum absolute atomic E-state index is 12.9. The zero-order chi connectivity index (χ0) is 22.8. The number of benzene rings is 2. The topological polar surface area (TPSA) is 95.8 Å². The predicted octanol–water partition coefficient (Wildman–Crippen LogP) is 4.22. The van der Waals surface area contributed by atoms with E-state index >= 15 is 0 Å². The normalized spacial score (nSPS) is 15.7. The van der Waals surface area contributed by atoms with E-state index in [0.29, 0.717) is 43.4 Å². The fourth-order valence-corrected chi connectivity index (χ4v) is 4.87. The highest BCUT2D eigenvalue weighted by atomic mass is 35.5. The molecule has 0 bridgehead atoms. The number of nitro benzene ring substituents is 1. The molecule has 31 heavy (non-hydrogen) atoms. The average Bonchev–Trinajstić information content (AvgIpc) is 2.72. The van der Waals surface area contributed by atoms with Gasteiger partial charge in [-0.15, -0.1) is 0 Å². The number of hydrogen-bond acceptors (Lipinski definition) is 6. The number of piperazine rings is 1. The zero-order valence-electron chi connectivity index (χ0n) is 17.8. The summed E-state index contributed by atoms with van der Waals surface area (Å²) in [5.41, 5.74) is 1.28. The summed E-state index contributed by atoms with van der Waals surface area (Å²) in [6.45, 7) is 8.37. The Morgan fingerprint density at radius 3 is 2.23 bits per heavy atom. The summed E-state index contributed by atoms with van der Waals surface area (Å²) in [4.78, 5) is 13.3. The molecule has 0 unspecified atom stereocenters. The largest absolute Gasteiger partial charge is 0.379 e. The van der Waals surface area contributed by atoms with Gasteiger partial charge in [-0.05, 0) is 41.8 Å². The smallest absolute Gasteiger partial charge is 0.292 e. The summed E-state index contributed by atoms with van der Waals surface area (Å²) in [7, 11) is -3.59. The third kappa shape index (κ3) is 5.66. The fourth-order valence-electron chi connectivity index (χ4n) is 3.32. The molecule has 10 heteroatoms. The second-order valence-corrected chi connectivity index (χ2v) is 11.1. The summed E-state index contributed by atoms with van der Waals surface area (Å²) < 4.78 is 27.2. The molecule has 8 nitrogen and oxygen atoms in total. The first-order valence-electron chi connectivity index (χ1n) is 10.0. The Morgan fingerprint density at radius 1 is 1.06 bits per heavy atom. The molecule has 0 spiro atoms. The summed E-state index contributed by atoms with van der Waals surface area (Å²) in [6.07, 6.45) is 0. The van der Waals surface area contributed by atoms with Crippen molar-refractivity contribution in [1.82, 2.24) is 4.31 Å². The third-order valence-electron chi connectivity index (χ3n) is 5.04. The van der Waals surface area contributed by atoms with Gasteiger partial charge in [0.25, 0.3) is 5.69 Å². The monoisotopic (exact) mass is 466 g/mol. The van der Waals surface area contributed by atoms with E-state index in [4.69, 9.17) is 11.6 Å². The highest BCUT2D eigenvalue weighted by Gasteiger charge is 2.29. The van der Waals surface area contributed by atoms with Crippen LogP contribution in [0.2, 0.25) is 5.02 Å². The third-order valence-corrected chi connectivity index (χ3v) is 7.21. The molecule has 3 rings (SSSR count). The van der Waals surface area contributed by atoms with Crippen molar-refractivity contribution in [2.45, 2.75) is 25.7 Å². The molecule has 0 amide bonds. The number of halogens is 1. The number of anilines is 2. The van der Waals surface area contributed by atoms with Gasteiger partial charge in [0.1, 0.15) is 5.69 Å². The van der Waals surface area contributed by atoms with E-state index in [0.717, 1.165) is 5.69 Å². The van der Waals surface area contributed by atoms with Crippen molar-refractivity contribution in [3.05, 3.63) is 57.6 Å². The van der Waals surface area contributed by atoms with E-state index in [1.54, 1.807) is 24.3 Å². The van der Waals surface area contributed by atoms with E-state index in [-0.39, 0.29) is 16.0 Å². The first kappa shape index (κ1) is 23.3. The van der Waals surface area contributed by atoms with Crippen molar-refractivity contribution in [2.24, 2.45) is 5.41 Å². The Hall–Kier alpha value is -2.36. The molecule has 2 aromatic rings. The molecular formula is C21H27ClN4O4S. The molecule has 1 fully saturated rings. The van der Waals surface area contributed by atoms with E-state index < -0.39 is 14.9 Å². The Morgan fingerprint density at radius 2 is 1.68 bits per heavy atom. The van der Waals surface area contributed by atoms with Crippen LogP contribution >= 0.6 is 11.6 Å². The Balaban J connectivity index is 1.74. The van der Waals surface area contributed by atoms with Crippen LogP contribution < -0.4 is 10.2 Å². The average molecular weight is 467 g/mol. The Kier molecular flexibility index (Phi) is 6.78. The highest BCUT2D eigenvalue weighted by molar-refractivity contribution is 7.89. The molecule has 168 valence electrons. The van der Waals surface area contributed by atoms with Gasteiger partial charge in [0.2, 0.25) is 10.0 Å². The lowest BCUT2D eigenvalue weighted by atomic mass is 9.97. The van der Waals surface area contributed by atoms with Gasteiger partial charge in [-0.25, -0.2) is 8.42 Å². The number of sulfonamides is 1. The lowest BCUT2D eigenvalue weighted by Crippen LogP contribution is -2.48. The van der Waals surface area contributed by atoms with Gasteiger partial charge in [0.15, 0.2) is 0 Å². The van der Waals surface area contributed by atoms with E-state index in [2.05, 4.69) is 26.1 Å². The van der Waals surface area contributed by atoms with Crippen molar-refractivity contribution in [3.63, 3.8) is 0 Å². The highest BCUT2D eigenvalue weighted by Crippen LogP contribution is 2.31. The van der Waals surface area contributed by atoms with E-state index in [1.807, 2.05) is 4.90 Å². The first-order chi connectivity index (χ1) is 14.5. The van der Waals surface area contributed by atoms with Crippen LogP contribution in [0, 0.1) is 15.5 Å². The minimum absolute atomic E-state index is 0.0250. The van der Waals surface area contributed by atoms with Crippen LogP contribution in [-0.2, 0) is 10.0 Å². The lowest BCUT2D eigenvalue weighted by Gasteiger charge is -2.35. The standard InChI is InChI=1S/C21H27ClN4O4S/c1-21(2,3)15-23-19-14-17(6-9-20(19)26(27)28)24-10-12-25(13-11-24)31(29,30)18-7-4-16(22)5-8-18/h4-9,14,23H,10-13,15H2,1-3H3. The molecule has 0 radical (unpaired) electrons. The number of rotatable bonds is 6. The van der Waals surface area contributed by atoms with Gasteiger partial charge in [-0.2, -0.15) is 4.31 Å². The van der Waals surface area contributed by atoms with Crippen LogP contribution in [0.4, 0.5) is 17.1 Å². The van der Waals surface area contributed by atoms with Crippen molar-refractivity contribution in [2.75, 3.05) is 42.9 Å². The molecule has 0 atom stereocenters. The number of nitro groups is 1. The van der Waals surface area contributed by atoms with Crippen LogP contribution in [0.3, 0.4) is 0 Å². The van der Waals surface area contributed by atoms with Crippen molar-refractivity contribution in [1.29, 1.82) is 0 Å². The first-order valence-corrected chi connectivity index (χ1v) is 11.8. The minimum atomic E-state index is -3.59. The molecule has 0 saturated carbocycles. The van der Waals surface area contributed by atoms with Crippen molar-refractivity contribution < 1.29 is 13.3 Å². The fraction of sp³-hybridized carbons (Fsp3) is 0.429. The predicted molar refractivity (Wildman–Crippen MR) is 123 cm³/mol. The summed E-state index contributed by atoms with van der Waals surface area (Å²) in [5, 5.41) is 15.1. The summed E-state index contributed by atoms with van der Waals surface area (Å²) in [6, 6.07) is 11.1. The second-order valence-electron chi connectivity index (χ2n) is 8.72. The number of hydrogen-bond donors (Lipinski definition) is 1. The Bertz CT molecular complexity index is 1040. The maximum Gasteiger partial charge on any atom is 0.292 e. The molecule has 1 saturated heterocycles. The van der Waals surface area contributed by atoms with Gasteiger partial charge < -0.3 is 10.2 Å². The lowest BCUT2D eigenvalue weighted by molar-refractivity contribution is -0.384. The van der Waals surface area contributed by atoms with E-state index in [9.17, 15) is 18.5 Å². The molecule has 1 heterocycles. The molecule has 0 aromatic heterocycles. The number of nitrogens with one attached hydrogen (secondary N) is 1. The van der Waals surface area contributed by atoms with Crippen molar-refractivity contribution in [3.8, 4) is 0 Å². The molecular weight excluding hydrogens is 440 g/mol. The second kappa shape index (κ2) is 9.02. The van der Waals surface area contributed by atoms with Crippen molar-refractivity contribution >= 4 is 38.7 Å². The van der Waals surface area contributed by atoms with Gasteiger partial charge in [0.05, 0.1) is 9.82 Å². The van der Waals surface area contributed by atoms with E-state index in [1.165, 1.54) is 22.5 Å². The molecule has 2 aromatic carbocycles. The van der Waals surface area contributed by atoms with Crippen LogP contribution in [0.15, 0.2) is 47.4 Å². The van der Waals surface area contributed by atoms with Crippen LogP contribution in [0.5, 0.6) is 0 Å². The quantitative estimate of drug-likeness (QED) is 0.506. The Labute approximate surface area is 188 Å². The SMILES string of the molecule is CC(C)(C)CNc1cc(N2CCN(S(=O)(=O)c3ccc(Cl)cc3)CC2)ccc1[N+](=O)[O-].